The molecule has 4 aromatic rings. The summed E-state index contributed by atoms with van der Waals surface area (Å²) >= 11 is 0. The molecular weight excluding hydrogens is 414 g/mol. The molecule has 0 aliphatic heterocycles. The maximum Gasteiger partial charge on any atom is 0.239 e. The molecule has 0 radical (unpaired) electrons. The average Bonchev–Trinajstić information content (AvgIpc) is 2.86. The van der Waals surface area contributed by atoms with Gasteiger partial charge in [0.1, 0.15) is 6.61 Å². The number of aromatic nitrogens is 1. The van der Waals surface area contributed by atoms with Gasteiger partial charge in [0.15, 0.2) is 0 Å². The van der Waals surface area contributed by atoms with Crippen LogP contribution in [0.5, 0.6) is 5.88 Å². The van der Waals surface area contributed by atoms with Crippen LogP contribution in [0.3, 0.4) is 0 Å². The fraction of sp³-hybridized carbons (Fsp3) is 0.148. The summed E-state index contributed by atoms with van der Waals surface area (Å²) in [6.45, 7) is 0.559. The van der Waals surface area contributed by atoms with Gasteiger partial charge >= 0.3 is 0 Å². The van der Waals surface area contributed by atoms with Crippen molar-refractivity contribution in [3.63, 3.8) is 0 Å². The number of rotatable bonds is 9. The molecule has 33 heavy (non-hydrogen) atoms. The number of nitrogens with zero attached hydrogens (tertiary/aromatic N) is 1. The number of ether oxygens (including phenoxy) is 1. The molecule has 0 fully saturated rings. The van der Waals surface area contributed by atoms with Crippen LogP contribution in [0.15, 0.2) is 91.1 Å². The average molecular weight is 440 g/mol. The molecule has 0 aliphatic carbocycles. The van der Waals surface area contributed by atoms with Gasteiger partial charge in [-0.3, -0.25) is 9.59 Å². The first-order chi connectivity index (χ1) is 16.2. The van der Waals surface area contributed by atoms with Crippen molar-refractivity contribution in [2.75, 3.05) is 6.54 Å². The van der Waals surface area contributed by atoms with Gasteiger partial charge < -0.3 is 15.4 Å². The SMILES string of the molecule is O=C(CNC(=O)Cc1cccc2ccccc12)NCc1cccnc1OCc1ccccc1. The lowest BCUT2D eigenvalue weighted by Gasteiger charge is -2.12. The Bertz CT molecular complexity index is 1240. The molecule has 0 saturated carbocycles. The van der Waals surface area contributed by atoms with E-state index in [9.17, 15) is 9.59 Å². The second-order valence-corrected chi connectivity index (χ2v) is 7.61. The summed E-state index contributed by atoms with van der Waals surface area (Å²) in [6, 6.07) is 27.3. The molecule has 2 N–H and O–H groups in total. The van der Waals surface area contributed by atoms with Crippen molar-refractivity contribution < 1.29 is 14.3 Å². The van der Waals surface area contributed by atoms with Gasteiger partial charge in [-0.2, -0.15) is 0 Å². The van der Waals surface area contributed by atoms with Crippen LogP contribution in [0.25, 0.3) is 10.8 Å². The number of hydrogen-bond donors (Lipinski definition) is 2. The highest BCUT2D eigenvalue weighted by Crippen LogP contribution is 2.19. The zero-order valence-corrected chi connectivity index (χ0v) is 18.2. The third-order valence-electron chi connectivity index (χ3n) is 5.22. The van der Waals surface area contributed by atoms with Crippen molar-refractivity contribution in [3.8, 4) is 5.88 Å². The van der Waals surface area contributed by atoms with Gasteiger partial charge in [0.2, 0.25) is 17.7 Å². The summed E-state index contributed by atoms with van der Waals surface area (Å²) in [6.07, 6.45) is 1.87. The predicted octanol–water partition coefficient (Wildman–Crippen LogP) is 3.79. The molecule has 0 saturated heterocycles. The molecule has 3 aromatic carbocycles. The lowest BCUT2D eigenvalue weighted by Crippen LogP contribution is -2.37. The van der Waals surface area contributed by atoms with Crippen molar-refractivity contribution in [1.29, 1.82) is 0 Å². The fourth-order valence-electron chi connectivity index (χ4n) is 3.53. The minimum absolute atomic E-state index is 0.0932. The molecule has 2 amide bonds. The number of carbonyl (C=O) groups is 2. The molecular formula is C27H25N3O3. The highest BCUT2D eigenvalue weighted by Gasteiger charge is 2.10. The van der Waals surface area contributed by atoms with Gasteiger partial charge in [-0.15, -0.1) is 0 Å². The van der Waals surface area contributed by atoms with Crippen molar-refractivity contribution in [1.82, 2.24) is 15.6 Å². The largest absolute Gasteiger partial charge is 0.473 e. The second-order valence-electron chi connectivity index (χ2n) is 7.61. The van der Waals surface area contributed by atoms with Crippen LogP contribution in [-0.4, -0.2) is 23.3 Å². The van der Waals surface area contributed by atoms with Gasteiger partial charge in [-0.25, -0.2) is 4.98 Å². The van der Waals surface area contributed by atoms with E-state index in [4.69, 9.17) is 4.74 Å². The Hall–Kier alpha value is -4.19. The van der Waals surface area contributed by atoms with Gasteiger partial charge in [0, 0.05) is 18.3 Å². The van der Waals surface area contributed by atoms with Crippen LogP contribution in [0.1, 0.15) is 16.7 Å². The highest BCUT2D eigenvalue weighted by atomic mass is 16.5. The molecule has 0 aliphatic rings. The highest BCUT2D eigenvalue weighted by molar-refractivity contribution is 5.91. The standard InChI is InChI=1S/C27H25N3O3/c31-25(16-22-12-6-11-21-10-4-5-14-24(21)22)30-18-26(32)29-17-23-13-7-15-28-27(23)33-19-20-8-2-1-3-9-20/h1-15H,16-19H2,(H,29,32)(H,30,31). The summed E-state index contributed by atoms with van der Waals surface area (Å²) in [4.78, 5) is 29.0. The fourth-order valence-corrected chi connectivity index (χ4v) is 3.53. The number of amides is 2. The van der Waals surface area contributed by atoms with Gasteiger partial charge in [0.05, 0.1) is 13.0 Å². The van der Waals surface area contributed by atoms with E-state index < -0.39 is 0 Å². The number of carbonyl (C=O) groups excluding carboxylic acids is 2. The van der Waals surface area contributed by atoms with E-state index in [0.717, 1.165) is 27.5 Å². The van der Waals surface area contributed by atoms with Crippen molar-refractivity contribution >= 4 is 22.6 Å². The molecule has 6 nitrogen and oxygen atoms in total. The number of fused-ring (bicyclic) bond motifs is 1. The minimum atomic E-state index is -0.279. The molecule has 166 valence electrons. The summed E-state index contributed by atoms with van der Waals surface area (Å²) < 4.78 is 5.82. The third-order valence-corrected chi connectivity index (χ3v) is 5.22. The van der Waals surface area contributed by atoms with E-state index in [0.29, 0.717) is 12.5 Å². The molecule has 6 heteroatoms. The van der Waals surface area contributed by atoms with Gasteiger partial charge in [0.25, 0.3) is 0 Å². The number of nitrogens with one attached hydrogen (secondary N) is 2. The van der Waals surface area contributed by atoms with Gasteiger partial charge in [-0.05, 0) is 28.0 Å². The van der Waals surface area contributed by atoms with Crippen LogP contribution in [-0.2, 0) is 29.2 Å². The lowest BCUT2D eigenvalue weighted by atomic mass is 10.0. The van der Waals surface area contributed by atoms with E-state index in [-0.39, 0.29) is 31.3 Å². The Balaban J connectivity index is 1.26. The van der Waals surface area contributed by atoms with Crippen molar-refractivity contribution in [2.24, 2.45) is 0 Å². The maximum absolute atomic E-state index is 12.4. The van der Waals surface area contributed by atoms with E-state index >= 15 is 0 Å². The predicted molar refractivity (Wildman–Crippen MR) is 128 cm³/mol. The summed E-state index contributed by atoms with van der Waals surface area (Å²) in [5, 5.41) is 7.63. The first-order valence-electron chi connectivity index (χ1n) is 10.8. The van der Waals surface area contributed by atoms with Crippen LogP contribution in [0.2, 0.25) is 0 Å². The molecule has 0 bridgehead atoms. The van der Waals surface area contributed by atoms with Crippen molar-refractivity contribution in [2.45, 2.75) is 19.6 Å². The van der Waals surface area contributed by atoms with Crippen molar-refractivity contribution in [3.05, 3.63) is 108 Å². The molecule has 0 atom stereocenters. The Kier molecular flexibility index (Phi) is 7.28. The van der Waals surface area contributed by atoms with E-state index in [2.05, 4.69) is 15.6 Å². The first kappa shape index (κ1) is 22.0. The zero-order chi connectivity index (χ0) is 22.9. The van der Waals surface area contributed by atoms with Crippen LogP contribution >= 0.6 is 0 Å². The quantitative estimate of drug-likeness (QED) is 0.416. The smallest absolute Gasteiger partial charge is 0.239 e. The Morgan fingerprint density at radius 1 is 0.758 bits per heavy atom. The summed E-state index contributed by atoms with van der Waals surface area (Å²) in [5.41, 5.74) is 2.73. The number of pyridine rings is 1. The molecule has 0 unspecified atom stereocenters. The first-order valence-corrected chi connectivity index (χ1v) is 10.8. The number of hydrogen-bond acceptors (Lipinski definition) is 4. The lowest BCUT2D eigenvalue weighted by molar-refractivity contribution is -0.125. The van der Waals surface area contributed by atoms with E-state index in [1.807, 2.05) is 78.9 Å². The summed E-state index contributed by atoms with van der Waals surface area (Å²) in [5.74, 6) is -0.00413. The van der Waals surface area contributed by atoms with E-state index in [1.54, 1.807) is 12.3 Å². The third kappa shape index (κ3) is 6.17. The Morgan fingerprint density at radius 2 is 1.52 bits per heavy atom. The second kappa shape index (κ2) is 10.9. The Morgan fingerprint density at radius 3 is 2.39 bits per heavy atom. The normalized spacial score (nSPS) is 10.5. The zero-order valence-electron chi connectivity index (χ0n) is 18.2. The van der Waals surface area contributed by atoms with Crippen LogP contribution in [0, 0.1) is 0 Å². The minimum Gasteiger partial charge on any atom is -0.473 e. The summed E-state index contributed by atoms with van der Waals surface area (Å²) in [7, 11) is 0. The molecule has 1 aromatic heterocycles. The van der Waals surface area contributed by atoms with Crippen LogP contribution in [0.4, 0.5) is 0 Å². The molecule has 0 spiro atoms. The topological polar surface area (TPSA) is 80.3 Å². The maximum atomic E-state index is 12.4. The monoisotopic (exact) mass is 439 g/mol. The van der Waals surface area contributed by atoms with Crippen LogP contribution < -0.4 is 15.4 Å². The number of benzene rings is 3. The van der Waals surface area contributed by atoms with Gasteiger partial charge in [-0.1, -0.05) is 78.9 Å². The molecule has 4 rings (SSSR count). The van der Waals surface area contributed by atoms with E-state index in [1.165, 1.54) is 0 Å². The Labute approximate surface area is 192 Å². The molecule has 1 heterocycles.